The number of unbranched alkanes of at least 4 members (excludes halogenated alkanes) is 11. The van der Waals surface area contributed by atoms with E-state index in [0.29, 0.717) is 6.04 Å². The average Bonchev–Trinajstić information content (AvgIpc) is 3.12. The summed E-state index contributed by atoms with van der Waals surface area (Å²) < 4.78 is 6.12. The van der Waals surface area contributed by atoms with Crippen molar-refractivity contribution in [1.29, 1.82) is 0 Å². The Hall–Kier alpha value is -0.610. The summed E-state index contributed by atoms with van der Waals surface area (Å²) in [5.74, 6) is 0.0128. The number of β-amino-alcohol motifs (C(OH)–C–C–N with tert-alkyl or cyclic N) is 1. The molecule has 202 valence electrons. The molecule has 1 heterocycles. The molecular formula is C30H59NO3. The van der Waals surface area contributed by atoms with Crippen molar-refractivity contribution < 1.29 is 14.6 Å². The summed E-state index contributed by atoms with van der Waals surface area (Å²) in [5.41, 5.74) is -0.392. The highest BCUT2D eigenvalue weighted by atomic mass is 16.5. The summed E-state index contributed by atoms with van der Waals surface area (Å²) in [4.78, 5) is 15.5. The molecule has 1 unspecified atom stereocenters. The summed E-state index contributed by atoms with van der Waals surface area (Å²) >= 11 is 0. The van der Waals surface area contributed by atoms with E-state index in [1.54, 1.807) is 0 Å². The molecule has 0 aliphatic carbocycles. The highest BCUT2D eigenvalue weighted by Crippen LogP contribution is 2.28. The molecule has 1 N–H and O–H groups in total. The summed E-state index contributed by atoms with van der Waals surface area (Å²) in [7, 11) is 0. The van der Waals surface area contributed by atoms with Crippen molar-refractivity contribution in [3.05, 3.63) is 0 Å². The molecule has 4 heteroatoms. The maximum atomic E-state index is 13.0. The predicted molar refractivity (Wildman–Crippen MR) is 145 cm³/mol. The lowest BCUT2D eigenvalue weighted by molar-refractivity contribution is -0.161. The van der Waals surface area contributed by atoms with Crippen LogP contribution >= 0.6 is 0 Å². The number of ether oxygens (including phenoxy) is 1. The van der Waals surface area contributed by atoms with E-state index in [9.17, 15) is 9.90 Å². The average molecular weight is 482 g/mol. The van der Waals surface area contributed by atoms with Crippen LogP contribution in [-0.2, 0) is 9.53 Å². The fourth-order valence-corrected chi connectivity index (χ4v) is 5.24. The van der Waals surface area contributed by atoms with Gasteiger partial charge in [-0.2, -0.15) is 0 Å². The van der Waals surface area contributed by atoms with Gasteiger partial charge in [-0.3, -0.25) is 9.69 Å². The Morgan fingerprint density at radius 1 is 0.882 bits per heavy atom. The van der Waals surface area contributed by atoms with Gasteiger partial charge in [0.25, 0.3) is 0 Å². The number of hydrogen-bond acceptors (Lipinski definition) is 4. The summed E-state index contributed by atoms with van der Waals surface area (Å²) in [5, 5.41) is 9.79. The highest BCUT2D eigenvalue weighted by molar-refractivity contribution is 5.76. The Balaban J connectivity index is 2.31. The van der Waals surface area contributed by atoms with E-state index < -0.39 is 5.41 Å². The fourth-order valence-electron chi connectivity index (χ4n) is 5.24. The standard InChI is InChI=1S/C30H59NO3/c1-6-8-10-12-13-17-21-28(20-16-11-9-7-2)34-29(33)30(4,5)22-18-14-15-19-23-31-25-27(32)24-26(31)3/h26-28,32H,6-25H2,1-5H3/t26-,27+,28?/m1/s1. The van der Waals surface area contributed by atoms with E-state index in [1.165, 1.54) is 83.5 Å². The summed E-state index contributed by atoms with van der Waals surface area (Å²) in [6.45, 7) is 12.8. The van der Waals surface area contributed by atoms with Crippen LogP contribution in [0.15, 0.2) is 0 Å². The number of likely N-dealkylation sites (tertiary alicyclic amines) is 1. The zero-order valence-electron chi connectivity index (χ0n) is 23.6. The van der Waals surface area contributed by atoms with Gasteiger partial charge in [-0.15, -0.1) is 0 Å². The Morgan fingerprint density at radius 3 is 2.00 bits per heavy atom. The van der Waals surface area contributed by atoms with Crippen LogP contribution in [0.1, 0.15) is 150 Å². The number of aliphatic hydroxyl groups excluding tert-OH is 1. The van der Waals surface area contributed by atoms with Gasteiger partial charge in [-0.1, -0.05) is 84.5 Å². The molecule has 0 spiro atoms. The zero-order chi connectivity index (χ0) is 25.2. The predicted octanol–water partition coefficient (Wildman–Crippen LogP) is 8.05. The molecule has 1 aliphatic rings. The molecule has 1 rings (SSSR count). The van der Waals surface area contributed by atoms with E-state index in [1.807, 2.05) is 0 Å². The maximum Gasteiger partial charge on any atom is 0.311 e. The van der Waals surface area contributed by atoms with Gasteiger partial charge in [-0.25, -0.2) is 0 Å². The minimum Gasteiger partial charge on any atom is -0.462 e. The van der Waals surface area contributed by atoms with Gasteiger partial charge >= 0.3 is 5.97 Å². The van der Waals surface area contributed by atoms with Gasteiger partial charge < -0.3 is 9.84 Å². The topological polar surface area (TPSA) is 49.8 Å². The van der Waals surface area contributed by atoms with Crippen LogP contribution in [0.2, 0.25) is 0 Å². The number of nitrogens with zero attached hydrogens (tertiary/aromatic N) is 1. The number of esters is 1. The third-order valence-electron chi connectivity index (χ3n) is 7.76. The molecule has 0 aromatic rings. The van der Waals surface area contributed by atoms with E-state index >= 15 is 0 Å². The number of carbonyl (C=O) groups is 1. The first-order valence-electron chi connectivity index (χ1n) is 14.9. The van der Waals surface area contributed by atoms with E-state index in [2.05, 4.69) is 39.5 Å². The van der Waals surface area contributed by atoms with Crippen LogP contribution < -0.4 is 0 Å². The van der Waals surface area contributed by atoms with E-state index in [0.717, 1.165) is 45.2 Å². The van der Waals surface area contributed by atoms with Crippen molar-refractivity contribution in [2.45, 2.75) is 168 Å². The Morgan fingerprint density at radius 2 is 1.41 bits per heavy atom. The van der Waals surface area contributed by atoms with E-state index in [-0.39, 0.29) is 18.2 Å². The molecular weight excluding hydrogens is 422 g/mol. The number of aliphatic hydroxyl groups is 1. The van der Waals surface area contributed by atoms with Gasteiger partial charge in [0.1, 0.15) is 6.10 Å². The van der Waals surface area contributed by atoms with Crippen molar-refractivity contribution in [2.75, 3.05) is 13.1 Å². The first kappa shape index (κ1) is 31.4. The quantitative estimate of drug-likeness (QED) is 0.133. The second-order valence-corrected chi connectivity index (χ2v) is 11.7. The van der Waals surface area contributed by atoms with Crippen LogP contribution in [-0.4, -0.2) is 47.3 Å². The van der Waals surface area contributed by atoms with Crippen molar-refractivity contribution in [2.24, 2.45) is 5.41 Å². The Kier molecular flexibility index (Phi) is 17.2. The maximum absolute atomic E-state index is 13.0. The minimum atomic E-state index is -0.392. The molecule has 0 radical (unpaired) electrons. The SMILES string of the molecule is CCCCCCCCC(CCCCCC)OC(=O)C(C)(C)CCCCCCN1C[C@@H](O)C[C@H]1C. The molecule has 1 fully saturated rings. The van der Waals surface area contributed by atoms with Crippen LogP contribution in [0.5, 0.6) is 0 Å². The van der Waals surface area contributed by atoms with Crippen molar-refractivity contribution in [1.82, 2.24) is 4.90 Å². The van der Waals surface area contributed by atoms with E-state index in [4.69, 9.17) is 4.74 Å². The first-order chi connectivity index (χ1) is 16.3. The number of carbonyl (C=O) groups excluding carboxylic acids is 1. The zero-order valence-corrected chi connectivity index (χ0v) is 23.6. The van der Waals surface area contributed by atoms with Crippen molar-refractivity contribution in [3.63, 3.8) is 0 Å². The fraction of sp³-hybridized carbons (Fsp3) is 0.967. The lowest BCUT2D eigenvalue weighted by atomic mass is 9.86. The van der Waals surface area contributed by atoms with Gasteiger partial charge in [-0.05, 0) is 72.3 Å². The second-order valence-electron chi connectivity index (χ2n) is 11.7. The number of hydrogen-bond donors (Lipinski definition) is 1. The van der Waals surface area contributed by atoms with Crippen LogP contribution in [0.25, 0.3) is 0 Å². The molecule has 0 bridgehead atoms. The largest absolute Gasteiger partial charge is 0.462 e. The molecule has 0 saturated carbocycles. The molecule has 0 amide bonds. The molecule has 0 aromatic heterocycles. The Bertz CT molecular complexity index is 507. The van der Waals surface area contributed by atoms with Crippen LogP contribution in [0.3, 0.4) is 0 Å². The molecule has 34 heavy (non-hydrogen) atoms. The first-order valence-corrected chi connectivity index (χ1v) is 14.9. The number of rotatable bonds is 21. The lowest BCUT2D eigenvalue weighted by Gasteiger charge is -2.27. The van der Waals surface area contributed by atoms with Gasteiger partial charge in [0.2, 0.25) is 0 Å². The lowest BCUT2D eigenvalue weighted by Crippen LogP contribution is -2.31. The molecule has 0 aromatic carbocycles. The molecule has 4 nitrogen and oxygen atoms in total. The summed E-state index contributed by atoms with van der Waals surface area (Å²) in [6.07, 6.45) is 21.1. The molecule has 1 aliphatic heterocycles. The smallest absolute Gasteiger partial charge is 0.311 e. The second kappa shape index (κ2) is 18.6. The highest BCUT2D eigenvalue weighted by Gasteiger charge is 2.31. The normalized spacial score (nSPS) is 20.1. The summed E-state index contributed by atoms with van der Waals surface area (Å²) in [6, 6.07) is 0.509. The van der Waals surface area contributed by atoms with Gasteiger partial charge in [0.05, 0.1) is 11.5 Å². The van der Waals surface area contributed by atoms with Crippen molar-refractivity contribution in [3.8, 4) is 0 Å². The van der Waals surface area contributed by atoms with Crippen LogP contribution in [0, 0.1) is 5.41 Å². The monoisotopic (exact) mass is 481 g/mol. The minimum absolute atomic E-state index is 0.0128. The van der Waals surface area contributed by atoms with Gasteiger partial charge in [0.15, 0.2) is 0 Å². The third kappa shape index (κ3) is 14.1. The third-order valence-corrected chi connectivity index (χ3v) is 7.76. The molecule has 1 saturated heterocycles. The molecule has 3 atom stereocenters. The van der Waals surface area contributed by atoms with Gasteiger partial charge in [0, 0.05) is 12.6 Å². The Labute approximate surface area is 212 Å². The van der Waals surface area contributed by atoms with Crippen LogP contribution in [0.4, 0.5) is 0 Å². The van der Waals surface area contributed by atoms with Crippen molar-refractivity contribution >= 4 is 5.97 Å².